The molecule has 1 aromatic rings. The highest BCUT2D eigenvalue weighted by Crippen LogP contribution is 2.41. The van der Waals surface area contributed by atoms with Crippen molar-refractivity contribution in [1.82, 2.24) is 0 Å². The molecule has 0 amide bonds. The van der Waals surface area contributed by atoms with Crippen molar-refractivity contribution in [2.45, 2.75) is 6.54 Å². The lowest BCUT2D eigenvalue weighted by Crippen LogP contribution is -2.04. The topological polar surface area (TPSA) is 53.7 Å². The Balaban J connectivity index is 3.43. The number of ether oxygens (including phenoxy) is 3. The van der Waals surface area contributed by atoms with E-state index in [4.69, 9.17) is 31.5 Å². The van der Waals surface area contributed by atoms with Gasteiger partial charge < -0.3 is 19.9 Å². The van der Waals surface area contributed by atoms with Gasteiger partial charge in [0.2, 0.25) is 0 Å². The van der Waals surface area contributed by atoms with E-state index in [-0.39, 0.29) is 6.54 Å². The van der Waals surface area contributed by atoms with Gasteiger partial charge in [0.15, 0.2) is 11.5 Å². The second-order valence-electron chi connectivity index (χ2n) is 2.81. The second kappa shape index (κ2) is 5.09. The monoisotopic (exact) mass is 231 g/mol. The summed E-state index contributed by atoms with van der Waals surface area (Å²) in [5, 5.41) is 0.456. The Morgan fingerprint density at radius 2 is 1.73 bits per heavy atom. The van der Waals surface area contributed by atoms with E-state index in [2.05, 4.69) is 0 Å². The quantitative estimate of drug-likeness (QED) is 0.859. The molecule has 15 heavy (non-hydrogen) atoms. The fraction of sp³-hybridized carbons (Fsp3) is 0.400. The molecule has 0 aromatic heterocycles. The third-order valence-corrected chi connectivity index (χ3v) is 2.50. The first-order valence-corrected chi connectivity index (χ1v) is 4.74. The molecule has 0 unspecified atom stereocenters. The van der Waals surface area contributed by atoms with E-state index in [9.17, 15) is 0 Å². The van der Waals surface area contributed by atoms with E-state index in [1.165, 1.54) is 7.11 Å². The second-order valence-corrected chi connectivity index (χ2v) is 3.19. The highest BCUT2D eigenvalue weighted by Gasteiger charge is 2.17. The summed E-state index contributed by atoms with van der Waals surface area (Å²) in [5.41, 5.74) is 6.27. The van der Waals surface area contributed by atoms with Crippen LogP contribution in [-0.4, -0.2) is 21.3 Å². The number of rotatable bonds is 4. The minimum absolute atomic E-state index is 0.259. The van der Waals surface area contributed by atoms with Gasteiger partial charge in [0, 0.05) is 18.2 Å². The summed E-state index contributed by atoms with van der Waals surface area (Å²) >= 11 is 6.08. The zero-order chi connectivity index (χ0) is 11.4. The van der Waals surface area contributed by atoms with E-state index < -0.39 is 0 Å². The first-order chi connectivity index (χ1) is 7.19. The molecule has 0 saturated heterocycles. The predicted octanol–water partition coefficient (Wildman–Crippen LogP) is 1.82. The van der Waals surface area contributed by atoms with Crippen molar-refractivity contribution in [3.8, 4) is 17.2 Å². The number of hydrogen-bond acceptors (Lipinski definition) is 4. The molecule has 0 heterocycles. The van der Waals surface area contributed by atoms with Gasteiger partial charge in [-0.25, -0.2) is 0 Å². The van der Waals surface area contributed by atoms with Crippen LogP contribution in [0, 0.1) is 0 Å². The zero-order valence-electron chi connectivity index (χ0n) is 8.96. The lowest BCUT2D eigenvalue weighted by Gasteiger charge is -2.15. The fourth-order valence-corrected chi connectivity index (χ4v) is 1.65. The third kappa shape index (κ3) is 2.11. The van der Waals surface area contributed by atoms with Crippen LogP contribution >= 0.6 is 11.6 Å². The van der Waals surface area contributed by atoms with Crippen LogP contribution in [-0.2, 0) is 6.54 Å². The molecule has 0 atom stereocenters. The summed E-state index contributed by atoms with van der Waals surface area (Å²) in [6.07, 6.45) is 0. The maximum absolute atomic E-state index is 6.08. The molecule has 0 spiro atoms. The van der Waals surface area contributed by atoms with E-state index in [0.29, 0.717) is 27.8 Å². The van der Waals surface area contributed by atoms with Gasteiger partial charge in [-0.15, -0.1) is 0 Å². The molecule has 5 heteroatoms. The van der Waals surface area contributed by atoms with Crippen molar-refractivity contribution in [1.29, 1.82) is 0 Å². The van der Waals surface area contributed by atoms with Gasteiger partial charge in [0.05, 0.1) is 26.4 Å². The van der Waals surface area contributed by atoms with Crippen LogP contribution in [0.3, 0.4) is 0 Å². The van der Waals surface area contributed by atoms with E-state index in [1.54, 1.807) is 20.3 Å². The number of halogens is 1. The molecule has 0 saturated carbocycles. The van der Waals surface area contributed by atoms with Crippen LogP contribution in [0.2, 0.25) is 5.02 Å². The van der Waals surface area contributed by atoms with Gasteiger partial charge in [0.25, 0.3) is 0 Å². The molecule has 4 nitrogen and oxygen atoms in total. The van der Waals surface area contributed by atoms with Gasteiger partial charge in [0.1, 0.15) is 5.75 Å². The van der Waals surface area contributed by atoms with Crippen LogP contribution in [0.5, 0.6) is 17.2 Å². The molecule has 2 N–H and O–H groups in total. The summed E-state index contributed by atoms with van der Waals surface area (Å²) in [5.74, 6) is 1.62. The molecule has 84 valence electrons. The minimum Gasteiger partial charge on any atom is -0.495 e. The molecule has 0 bridgehead atoms. The van der Waals surface area contributed by atoms with Gasteiger partial charge in [-0.05, 0) is 0 Å². The molecule has 1 rings (SSSR count). The summed E-state index contributed by atoms with van der Waals surface area (Å²) in [7, 11) is 4.62. The summed E-state index contributed by atoms with van der Waals surface area (Å²) < 4.78 is 15.5. The van der Waals surface area contributed by atoms with Crippen LogP contribution in [0.1, 0.15) is 5.56 Å². The third-order valence-electron chi connectivity index (χ3n) is 2.09. The van der Waals surface area contributed by atoms with Gasteiger partial charge in [-0.3, -0.25) is 0 Å². The Morgan fingerprint density at radius 1 is 1.13 bits per heavy atom. The Morgan fingerprint density at radius 3 is 2.13 bits per heavy atom. The predicted molar refractivity (Wildman–Crippen MR) is 59.0 cm³/mol. The molecule has 0 aliphatic rings. The zero-order valence-corrected chi connectivity index (χ0v) is 9.72. The molecule has 0 fully saturated rings. The summed E-state index contributed by atoms with van der Waals surface area (Å²) in [6.45, 7) is 0.259. The Labute approximate surface area is 93.9 Å². The van der Waals surface area contributed by atoms with Crippen molar-refractivity contribution < 1.29 is 14.2 Å². The van der Waals surface area contributed by atoms with E-state index in [1.807, 2.05) is 0 Å². The molecule has 0 aliphatic heterocycles. The van der Waals surface area contributed by atoms with E-state index >= 15 is 0 Å². The first-order valence-electron chi connectivity index (χ1n) is 4.37. The van der Waals surface area contributed by atoms with Crippen molar-refractivity contribution in [3.05, 3.63) is 16.7 Å². The number of hydrogen-bond donors (Lipinski definition) is 1. The Hall–Kier alpha value is -1.13. The van der Waals surface area contributed by atoms with Crippen molar-refractivity contribution in [2.24, 2.45) is 5.73 Å². The van der Waals surface area contributed by atoms with Crippen molar-refractivity contribution in [3.63, 3.8) is 0 Å². The van der Waals surface area contributed by atoms with Crippen LogP contribution in [0.15, 0.2) is 6.07 Å². The van der Waals surface area contributed by atoms with E-state index in [0.717, 1.165) is 0 Å². The smallest absolute Gasteiger partial charge is 0.166 e. The number of methoxy groups -OCH3 is 3. The molecular formula is C10H14ClNO3. The number of benzene rings is 1. The molecular weight excluding hydrogens is 218 g/mol. The summed E-state index contributed by atoms with van der Waals surface area (Å²) in [6, 6.07) is 1.67. The van der Waals surface area contributed by atoms with Crippen molar-refractivity contribution >= 4 is 11.6 Å². The normalized spacial score (nSPS) is 9.93. The standard InChI is InChI=1S/C10H14ClNO3/c1-13-7-4-8(14-2)10(15-3)6(5-12)9(7)11/h4H,5,12H2,1-3H3. The van der Waals surface area contributed by atoms with Gasteiger partial charge in [-0.2, -0.15) is 0 Å². The summed E-state index contributed by atoms with van der Waals surface area (Å²) in [4.78, 5) is 0. The van der Waals surface area contributed by atoms with Crippen LogP contribution < -0.4 is 19.9 Å². The van der Waals surface area contributed by atoms with Crippen LogP contribution in [0.25, 0.3) is 0 Å². The molecule has 0 aliphatic carbocycles. The molecule has 0 radical (unpaired) electrons. The lowest BCUT2D eigenvalue weighted by molar-refractivity contribution is 0.345. The Kier molecular flexibility index (Phi) is 4.05. The largest absolute Gasteiger partial charge is 0.495 e. The van der Waals surface area contributed by atoms with Crippen molar-refractivity contribution in [2.75, 3.05) is 21.3 Å². The minimum atomic E-state index is 0.259. The molecule has 1 aromatic carbocycles. The fourth-order valence-electron chi connectivity index (χ4n) is 1.35. The maximum atomic E-state index is 6.08. The average molecular weight is 232 g/mol. The number of nitrogens with two attached hydrogens (primary N) is 1. The van der Waals surface area contributed by atoms with Crippen LogP contribution in [0.4, 0.5) is 0 Å². The average Bonchev–Trinajstić information content (AvgIpc) is 2.28. The Bertz CT molecular complexity index is 355. The highest BCUT2D eigenvalue weighted by atomic mass is 35.5. The highest BCUT2D eigenvalue weighted by molar-refractivity contribution is 6.33. The maximum Gasteiger partial charge on any atom is 0.166 e. The first kappa shape index (κ1) is 11.9. The lowest BCUT2D eigenvalue weighted by atomic mass is 10.1. The SMILES string of the molecule is COc1cc(OC)c(OC)c(CN)c1Cl. The van der Waals surface area contributed by atoms with Gasteiger partial charge >= 0.3 is 0 Å². The van der Waals surface area contributed by atoms with Gasteiger partial charge in [-0.1, -0.05) is 11.6 Å².